The van der Waals surface area contributed by atoms with Crippen molar-refractivity contribution in [2.45, 2.75) is 13.3 Å². The topological polar surface area (TPSA) is 86.3 Å². The molecular formula is C23H28N2O6. The molecule has 0 atom stereocenters. The molecule has 1 amide bonds. The van der Waals surface area contributed by atoms with Gasteiger partial charge in [0, 0.05) is 18.8 Å². The molecule has 1 heterocycles. The van der Waals surface area contributed by atoms with Crippen molar-refractivity contribution in [2.24, 2.45) is 0 Å². The third-order valence-electron chi connectivity index (χ3n) is 4.73. The molecule has 8 nitrogen and oxygen atoms in total. The summed E-state index contributed by atoms with van der Waals surface area (Å²) in [7, 11) is 1.31. The molecule has 1 fully saturated rings. The molecule has 2 aromatic rings. The summed E-state index contributed by atoms with van der Waals surface area (Å²) >= 11 is 0. The van der Waals surface area contributed by atoms with Gasteiger partial charge in [0.25, 0.3) is 5.91 Å². The maximum atomic E-state index is 12.4. The monoisotopic (exact) mass is 428 g/mol. The average molecular weight is 428 g/mol. The Kier molecular flexibility index (Phi) is 8.12. The molecule has 2 aromatic carbocycles. The third kappa shape index (κ3) is 6.36. The van der Waals surface area contributed by atoms with Crippen LogP contribution in [-0.2, 0) is 14.3 Å². The molecule has 1 N–H and O–H groups in total. The number of nitrogens with zero attached hydrogens (tertiary/aromatic N) is 1. The summed E-state index contributed by atoms with van der Waals surface area (Å²) in [6, 6.07) is 12.4. The lowest BCUT2D eigenvalue weighted by Crippen LogP contribution is -2.36. The molecule has 0 bridgehead atoms. The molecule has 1 saturated heterocycles. The Morgan fingerprint density at radius 3 is 2.35 bits per heavy atom. The molecule has 0 saturated carbocycles. The van der Waals surface area contributed by atoms with Gasteiger partial charge in [-0.2, -0.15) is 0 Å². The van der Waals surface area contributed by atoms with E-state index in [4.69, 9.17) is 18.9 Å². The summed E-state index contributed by atoms with van der Waals surface area (Å²) in [5.41, 5.74) is 1.54. The van der Waals surface area contributed by atoms with E-state index in [9.17, 15) is 9.59 Å². The Bertz CT molecular complexity index is 878. The van der Waals surface area contributed by atoms with Crippen LogP contribution < -0.4 is 19.7 Å². The van der Waals surface area contributed by atoms with Crippen LogP contribution in [0.4, 0.5) is 11.4 Å². The zero-order valence-corrected chi connectivity index (χ0v) is 17.9. The molecule has 1 aliphatic rings. The fourth-order valence-electron chi connectivity index (χ4n) is 3.13. The lowest BCUT2D eigenvalue weighted by molar-refractivity contribution is -0.118. The number of morpholine rings is 1. The van der Waals surface area contributed by atoms with Gasteiger partial charge in [0.2, 0.25) is 0 Å². The lowest BCUT2D eigenvalue weighted by atomic mass is 10.1. The molecule has 0 unspecified atom stereocenters. The van der Waals surface area contributed by atoms with Gasteiger partial charge in [-0.3, -0.25) is 4.79 Å². The van der Waals surface area contributed by atoms with E-state index in [-0.39, 0.29) is 18.1 Å². The third-order valence-corrected chi connectivity index (χ3v) is 4.73. The molecule has 1 aliphatic heterocycles. The number of benzene rings is 2. The lowest BCUT2D eigenvalue weighted by Gasteiger charge is -2.29. The maximum Gasteiger partial charge on any atom is 0.340 e. The number of hydrogen-bond donors (Lipinski definition) is 1. The normalized spacial score (nSPS) is 13.4. The maximum absolute atomic E-state index is 12.4. The highest BCUT2D eigenvalue weighted by molar-refractivity contribution is 6.02. The van der Waals surface area contributed by atoms with Gasteiger partial charge in [0.1, 0.15) is 11.5 Å². The van der Waals surface area contributed by atoms with Crippen LogP contribution in [-0.4, -0.2) is 58.5 Å². The molecule has 0 spiro atoms. The van der Waals surface area contributed by atoms with E-state index in [0.717, 1.165) is 30.9 Å². The number of amides is 1. The standard InChI is InChI=1S/C23H28N2O6/c1-3-12-30-18-5-7-19(8-6-18)31-16-22(26)24-21-9-4-17(15-20(21)23(27)28-2)25-10-13-29-14-11-25/h4-9,15H,3,10-14,16H2,1-2H3,(H,24,26). The zero-order valence-electron chi connectivity index (χ0n) is 17.9. The van der Waals surface area contributed by atoms with E-state index >= 15 is 0 Å². The highest BCUT2D eigenvalue weighted by atomic mass is 16.5. The van der Waals surface area contributed by atoms with Crippen molar-refractivity contribution in [3.8, 4) is 11.5 Å². The summed E-state index contributed by atoms with van der Waals surface area (Å²) in [6.07, 6.45) is 0.930. The largest absolute Gasteiger partial charge is 0.494 e. The molecule has 8 heteroatoms. The minimum absolute atomic E-state index is 0.193. The van der Waals surface area contributed by atoms with Crippen molar-refractivity contribution >= 4 is 23.3 Å². The summed E-state index contributed by atoms with van der Waals surface area (Å²) < 4.78 is 21.3. The highest BCUT2D eigenvalue weighted by Crippen LogP contribution is 2.25. The number of esters is 1. The number of methoxy groups -OCH3 is 1. The van der Waals surface area contributed by atoms with Gasteiger partial charge >= 0.3 is 5.97 Å². The Labute approximate surface area is 182 Å². The molecule has 31 heavy (non-hydrogen) atoms. The van der Waals surface area contributed by atoms with Crippen LogP contribution in [0.1, 0.15) is 23.7 Å². The Morgan fingerprint density at radius 2 is 1.71 bits per heavy atom. The van der Waals surface area contributed by atoms with Crippen molar-refractivity contribution in [1.82, 2.24) is 0 Å². The number of carbonyl (C=O) groups excluding carboxylic acids is 2. The minimum Gasteiger partial charge on any atom is -0.494 e. The van der Waals surface area contributed by atoms with E-state index in [1.54, 1.807) is 36.4 Å². The van der Waals surface area contributed by atoms with Gasteiger partial charge in [-0.15, -0.1) is 0 Å². The Hall–Kier alpha value is -3.26. The van der Waals surface area contributed by atoms with Crippen LogP contribution in [0.25, 0.3) is 0 Å². The highest BCUT2D eigenvalue weighted by Gasteiger charge is 2.18. The van der Waals surface area contributed by atoms with Gasteiger partial charge in [0.15, 0.2) is 6.61 Å². The molecule has 0 aliphatic carbocycles. The first-order chi connectivity index (χ1) is 15.1. The molecular weight excluding hydrogens is 400 g/mol. The first kappa shape index (κ1) is 22.4. The van der Waals surface area contributed by atoms with Crippen LogP contribution in [0.15, 0.2) is 42.5 Å². The van der Waals surface area contributed by atoms with Crippen molar-refractivity contribution < 1.29 is 28.5 Å². The van der Waals surface area contributed by atoms with Gasteiger partial charge in [0.05, 0.1) is 38.2 Å². The van der Waals surface area contributed by atoms with E-state index < -0.39 is 5.97 Å². The van der Waals surface area contributed by atoms with Crippen LogP contribution in [0.5, 0.6) is 11.5 Å². The SMILES string of the molecule is CCCOc1ccc(OCC(=O)Nc2ccc(N3CCOCC3)cc2C(=O)OC)cc1. The van der Waals surface area contributed by atoms with Crippen LogP contribution in [0.2, 0.25) is 0 Å². The fourth-order valence-corrected chi connectivity index (χ4v) is 3.13. The number of ether oxygens (including phenoxy) is 4. The van der Waals surface area contributed by atoms with Crippen molar-refractivity contribution in [1.29, 1.82) is 0 Å². The van der Waals surface area contributed by atoms with Gasteiger partial charge in [-0.05, 0) is 48.9 Å². The number of hydrogen-bond acceptors (Lipinski definition) is 7. The predicted molar refractivity (Wildman–Crippen MR) is 117 cm³/mol. The minimum atomic E-state index is -0.519. The quantitative estimate of drug-likeness (QED) is 0.614. The van der Waals surface area contributed by atoms with E-state index in [0.29, 0.717) is 31.3 Å². The van der Waals surface area contributed by atoms with Gasteiger partial charge in [-0.25, -0.2) is 4.79 Å². The summed E-state index contributed by atoms with van der Waals surface area (Å²) in [4.78, 5) is 26.8. The van der Waals surface area contributed by atoms with Crippen LogP contribution in [0.3, 0.4) is 0 Å². The Morgan fingerprint density at radius 1 is 1.03 bits per heavy atom. The van der Waals surface area contributed by atoms with Crippen molar-refractivity contribution in [3.05, 3.63) is 48.0 Å². The first-order valence-electron chi connectivity index (χ1n) is 10.3. The van der Waals surface area contributed by atoms with E-state index in [1.165, 1.54) is 7.11 Å². The molecule has 0 aromatic heterocycles. The zero-order chi connectivity index (χ0) is 22.1. The van der Waals surface area contributed by atoms with Crippen LogP contribution in [0, 0.1) is 0 Å². The fraction of sp³-hybridized carbons (Fsp3) is 0.391. The second-order valence-electron chi connectivity index (χ2n) is 6.98. The molecule has 0 radical (unpaired) electrons. The second kappa shape index (κ2) is 11.2. The number of nitrogens with one attached hydrogen (secondary N) is 1. The first-order valence-corrected chi connectivity index (χ1v) is 10.3. The van der Waals surface area contributed by atoms with Gasteiger partial charge in [-0.1, -0.05) is 6.92 Å². The molecule has 3 rings (SSSR count). The average Bonchev–Trinajstić information content (AvgIpc) is 2.82. The van der Waals surface area contributed by atoms with E-state index in [2.05, 4.69) is 10.2 Å². The molecule has 166 valence electrons. The summed E-state index contributed by atoms with van der Waals surface area (Å²) in [6.45, 7) is 5.24. The second-order valence-corrected chi connectivity index (χ2v) is 6.98. The predicted octanol–water partition coefficient (Wildman–Crippen LogP) is 3.12. The number of rotatable bonds is 9. The number of anilines is 2. The van der Waals surface area contributed by atoms with Crippen molar-refractivity contribution in [2.75, 3.05) is 56.8 Å². The number of carbonyl (C=O) groups is 2. The van der Waals surface area contributed by atoms with Crippen molar-refractivity contribution in [3.63, 3.8) is 0 Å². The summed E-state index contributed by atoms with van der Waals surface area (Å²) in [5, 5.41) is 2.73. The Balaban J connectivity index is 1.62. The van der Waals surface area contributed by atoms with E-state index in [1.807, 2.05) is 13.0 Å². The van der Waals surface area contributed by atoms with Gasteiger partial charge < -0.3 is 29.2 Å². The summed E-state index contributed by atoms with van der Waals surface area (Å²) in [5.74, 6) is 0.404. The van der Waals surface area contributed by atoms with Crippen LogP contribution >= 0.6 is 0 Å². The smallest absolute Gasteiger partial charge is 0.340 e.